The summed E-state index contributed by atoms with van der Waals surface area (Å²) in [6.45, 7) is 2.00. The summed E-state index contributed by atoms with van der Waals surface area (Å²) >= 11 is 7.32. The van der Waals surface area contributed by atoms with Crippen LogP contribution >= 0.6 is 23.4 Å². The fraction of sp³-hybridized carbons (Fsp3) is 0.0800. The molecule has 0 saturated carbocycles. The molecule has 0 aliphatic carbocycles. The Morgan fingerprint density at radius 3 is 2.55 bits per heavy atom. The highest BCUT2D eigenvalue weighted by molar-refractivity contribution is 8.18. The van der Waals surface area contributed by atoms with Crippen molar-refractivity contribution in [2.45, 2.75) is 6.92 Å². The summed E-state index contributed by atoms with van der Waals surface area (Å²) in [5, 5.41) is 3.58. The van der Waals surface area contributed by atoms with Gasteiger partial charge in [-0.15, -0.1) is 0 Å². The van der Waals surface area contributed by atoms with Crippen LogP contribution in [0.25, 0.3) is 6.08 Å². The number of methoxy groups -OCH3 is 1. The number of nitrogens with zero attached hydrogens (tertiary/aromatic N) is 1. The first kappa shape index (κ1) is 22.6. The average molecular weight is 479 g/mol. The minimum absolute atomic E-state index is 0.237. The van der Waals surface area contributed by atoms with Gasteiger partial charge in [0.05, 0.1) is 28.3 Å². The van der Waals surface area contributed by atoms with Gasteiger partial charge < -0.3 is 14.8 Å². The maximum atomic E-state index is 12.5. The maximum absolute atomic E-state index is 12.5. The smallest absolute Gasteiger partial charge is 0.345 e. The Labute approximate surface area is 200 Å². The van der Waals surface area contributed by atoms with E-state index in [0.717, 1.165) is 11.3 Å². The first-order chi connectivity index (χ1) is 15.9. The second kappa shape index (κ2) is 9.94. The number of hydrogen-bond acceptors (Lipinski definition) is 6. The molecule has 3 aromatic rings. The van der Waals surface area contributed by atoms with Crippen LogP contribution in [-0.4, -0.2) is 24.2 Å². The van der Waals surface area contributed by atoms with Crippen molar-refractivity contribution in [2.75, 3.05) is 7.11 Å². The number of rotatable bonds is 5. The van der Waals surface area contributed by atoms with Crippen LogP contribution in [0, 0.1) is 6.92 Å². The molecule has 0 bridgehead atoms. The highest BCUT2D eigenvalue weighted by atomic mass is 35.5. The summed E-state index contributed by atoms with van der Waals surface area (Å²) in [6, 6.07) is 19.4. The van der Waals surface area contributed by atoms with Crippen LogP contribution in [0.15, 0.2) is 76.6 Å². The quantitative estimate of drug-likeness (QED) is 0.286. The number of ether oxygens (including phenoxy) is 2. The summed E-state index contributed by atoms with van der Waals surface area (Å²) in [7, 11) is 1.47. The first-order valence-corrected chi connectivity index (χ1v) is 11.1. The Kier molecular flexibility index (Phi) is 6.82. The van der Waals surface area contributed by atoms with Crippen LogP contribution in [0.3, 0.4) is 0 Å². The van der Waals surface area contributed by atoms with Crippen LogP contribution in [0.1, 0.15) is 21.5 Å². The third kappa shape index (κ3) is 5.45. The number of thioether (sulfide) groups is 1. The molecule has 0 aromatic heterocycles. The van der Waals surface area contributed by atoms with E-state index in [9.17, 15) is 9.59 Å². The number of aryl methyl sites for hydroxylation is 1. The number of halogens is 1. The number of hydrogen-bond donors (Lipinski definition) is 1. The highest BCUT2D eigenvalue weighted by Crippen LogP contribution is 2.33. The van der Waals surface area contributed by atoms with Gasteiger partial charge in [0, 0.05) is 0 Å². The highest BCUT2D eigenvalue weighted by Gasteiger charge is 2.24. The van der Waals surface area contributed by atoms with Gasteiger partial charge in [-0.05, 0) is 66.7 Å². The number of amidine groups is 1. The molecule has 1 aliphatic rings. The third-order valence-corrected chi connectivity index (χ3v) is 5.94. The summed E-state index contributed by atoms with van der Waals surface area (Å²) in [5.41, 5.74) is 2.86. The SMILES string of the molecule is COc1cc(/C=C2\SC(=Nc3ccc(C)cc3)NC2=O)ccc1OC(=O)c1ccccc1Cl. The van der Waals surface area contributed by atoms with Crippen LogP contribution in [0.5, 0.6) is 11.5 Å². The number of nitrogens with one attached hydrogen (secondary N) is 1. The van der Waals surface area contributed by atoms with E-state index in [4.69, 9.17) is 21.1 Å². The zero-order valence-electron chi connectivity index (χ0n) is 17.8. The van der Waals surface area contributed by atoms with Crippen molar-refractivity contribution < 1.29 is 19.1 Å². The number of carbonyl (C=O) groups is 2. The first-order valence-electron chi connectivity index (χ1n) is 9.94. The largest absolute Gasteiger partial charge is 0.493 e. The fourth-order valence-electron chi connectivity index (χ4n) is 3.01. The van der Waals surface area contributed by atoms with Crippen LogP contribution in [0.2, 0.25) is 5.02 Å². The molecular weight excluding hydrogens is 460 g/mol. The Morgan fingerprint density at radius 1 is 1.06 bits per heavy atom. The average Bonchev–Trinajstić information content (AvgIpc) is 3.15. The molecule has 4 rings (SSSR count). The molecule has 33 heavy (non-hydrogen) atoms. The van der Waals surface area contributed by atoms with Crippen molar-refractivity contribution in [3.05, 3.63) is 93.3 Å². The molecule has 1 fully saturated rings. The Hall–Kier alpha value is -3.55. The van der Waals surface area contributed by atoms with Crippen molar-refractivity contribution in [1.29, 1.82) is 0 Å². The summed E-state index contributed by atoms with van der Waals surface area (Å²) in [6.07, 6.45) is 1.72. The Balaban J connectivity index is 1.52. The lowest BCUT2D eigenvalue weighted by Gasteiger charge is -2.10. The van der Waals surface area contributed by atoms with E-state index >= 15 is 0 Å². The van der Waals surface area contributed by atoms with Crippen LogP contribution in [-0.2, 0) is 4.79 Å². The fourth-order valence-corrected chi connectivity index (χ4v) is 4.06. The Morgan fingerprint density at radius 2 is 1.82 bits per heavy atom. The number of carbonyl (C=O) groups excluding carboxylic acids is 2. The molecule has 1 saturated heterocycles. The predicted molar refractivity (Wildman–Crippen MR) is 131 cm³/mol. The predicted octanol–water partition coefficient (Wildman–Crippen LogP) is 5.77. The molecule has 0 spiro atoms. The van der Waals surface area contributed by atoms with E-state index < -0.39 is 5.97 Å². The molecular formula is C25H19ClN2O4S. The number of benzene rings is 3. The lowest BCUT2D eigenvalue weighted by atomic mass is 10.2. The number of aliphatic imine (C=N–C) groups is 1. The molecule has 1 N–H and O–H groups in total. The van der Waals surface area contributed by atoms with E-state index in [2.05, 4.69) is 10.3 Å². The van der Waals surface area contributed by atoms with E-state index in [1.807, 2.05) is 31.2 Å². The summed E-state index contributed by atoms with van der Waals surface area (Å²) in [5.74, 6) is -0.233. The minimum Gasteiger partial charge on any atom is -0.493 e. The molecule has 1 heterocycles. The van der Waals surface area contributed by atoms with Gasteiger partial charge in [-0.2, -0.15) is 0 Å². The standard InChI is InChI=1S/C25H19ClN2O4S/c1-15-7-10-17(11-8-15)27-25-28-23(29)22(33-25)14-16-9-12-20(21(13-16)31-2)32-24(30)18-5-3-4-6-19(18)26/h3-14H,1-2H3,(H,27,28,29)/b22-14-. The molecule has 8 heteroatoms. The molecule has 1 aliphatic heterocycles. The van der Waals surface area contributed by atoms with E-state index in [-0.39, 0.29) is 17.2 Å². The van der Waals surface area contributed by atoms with E-state index in [1.165, 1.54) is 18.9 Å². The van der Waals surface area contributed by atoms with Crippen molar-refractivity contribution in [2.24, 2.45) is 4.99 Å². The molecule has 6 nitrogen and oxygen atoms in total. The summed E-state index contributed by atoms with van der Waals surface area (Å²) < 4.78 is 10.9. The van der Waals surface area contributed by atoms with Gasteiger partial charge in [-0.25, -0.2) is 9.79 Å². The lowest BCUT2D eigenvalue weighted by Crippen LogP contribution is -2.19. The molecule has 0 unspecified atom stereocenters. The zero-order chi connectivity index (χ0) is 23.4. The topological polar surface area (TPSA) is 77.0 Å². The van der Waals surface area contributed by atoms with Gasteiger partial charge >= 0.3 is 5.97 Å². The van der Waals surface area contributed by atoms with Crippen molar-refractivity contribution in [1.82, 2.24) is 5.32 Å². The molecule has 0 atom stereocenters. The molecule has 1 amide bonds. The third-order valence-electron chi connectivity index (χ3n) is 4.70. The second-order valence-corrected chi connectivity index (χ2v) is 8.53. The van der Waals surface area contributed by atoms with Gasteiger partial charge in [0.25, 0.3) is 5.91 Å². The van der Waals surface area contributed by atoms with Crippen LogP contribution < -0.4 is 14.8 Å². The lowest BCUT2D eigenvalue weighted by molar-refractivity contribution is -0.115. The van der Waals surface area contributed by atoms with Gasteiger partial charge in [-0.1, -0.05) is 47.5 Å². The Bertz CT molecular complexity index is 1290. The molecule has 166 valence electrons. The van der Waals surface area contributed by atoms with E-state index in [1.54, 1.807) is 48.5 Å². The zero-order valence-corrected chi connectivity index (χ0v) is 19.4. The maximum Gasteiger partial charge on any atom is 0.345 e. The van der Waals surface area contributed by atoms with Gasteiger partial charge in [0.15, 0.2) is 16.7 Å². The second-order valence-electron chi connectivity index (χ2n) is 7.10. The van der Waals surface area contributed by atoms with E-state index in [0.29, 0.717) is 26.4 Å². The number of esters is 1. The normalized spacial score (nSPS) is 15.5. The van der Waals surface area contributed by atoms with Crippen molar-refractivity contribution >= 4 is 52.2 Å². The number of amides is 1. The van der Waals surface area contributed by atoms with Gasteiger partial charge in [-0.3, -0.25) is 4.79 Å². The van der Waals surface area contributed by atoms with Crippen molar-refractivity contribution in [3.8, 4) is 11.5 Å². The summed E-state index contributed by atoms with van der Waals surface area (Å²) in [4.78, 5) is 29.8. The van der Waals surface area contributed by atoms with Gasteiger partial charge in [0.1, 0.15) is 0 Å². The molecule has 3 aromatic carbocycles. The molecule has 0 radical (unpaired) electrons. The van der Waals surface area contributed by atoms with Gasteiger partial charge in [0.2, 0.25) is 0 Å². The van der Waals surface area contributed by atoms with Crippen molar-refractivity contribution in [3.63, 3.8) is 0 Å². The monoisotopic (exact) mass is 478 g/mol. The van der Waals surface area contributed by atoms with Crippen LogP contribution in [0.4, 0.5) is 5.69 Å². The minimum atomic E-state index is -0.590.